The lowest BCUT2D eigenvalue weighted by Gasteiger charge is -2.05. The van der Waals surface area contributed by atoms with E-state index in [4.69, 9.17) is 0 Å². The predicted molar refractivity (Wildman–Crippen MR) is 483 cm³/mol. The van der Waals surface area contributed by atoms with Gasteiger partial charge in [-0.3, -0.25) is 0 Å². The maximum atomic E-state index is 4.55. The van der Waals surface area contributed by atoms with Crippen molar-refractivity contribution in [1.82, 2.24) is 42.4 Å². The molecule has 0 aliphatic rings. The molecule has 0 aliphatic heterocycles. The summed E-state index contributed by atoms with van der Waals surface area (Å²) in [7, 11) is 0. The molecule has 108 heavy (non-hydrogen) atoms. The first-order valence-corrected chi connectivity index (χ1v) is 44.5. The van der Waals surface area contributed by atoms with Crippen LogP contribution < -0.4 is 0 Å². The Bertz CT molecular complexity index is 5170. The molecule has 18 aromatic rings. The van der Waals surface area contributed by atoms with Gasteiger partial charge in [0.1, 0.15) is 24.2 Å². The van der Waals surface area contributed by atoms with E-state index in [1.165, 1.54) is 117 Å². The molecule has 0 amide bonds. The lowest BCUT2D eigenvalue weighted by atomic mass is 10.0. The van der Waals surface area contributed by atoms with Crippen LogP contribution in [0.25, 0.3) is 91.4 Å². The molecule has 558 valence electrons. The third-order valence-electron chi connectivity index (χ3n) is 18.0. The molecule has 4 aromatic carbocycles. The molecule has 14 aromatic heterocycles. The second kappa shape index (κ2) is 40.1. The molecule has 18 rings (SSSR count). The van der Waals surface area contributed by atoms with E-state index in [9.17, 15) is 0 Å². The topological polar surface area (TPSA) is 116 Å². The molecule has 0 aliphatic carbocycles. The summed E-state index contributed by atoms with van der Waals surface area (Å²) in [5, 5.41) is 20.0. The Morgan fingerprint density at radius 2 is 0.815 bits per heavy atom. The maximum absolute atomic E-state index is 4.55. The third-order valence-corrected chi connectivity index (χ3v) is 25.9. The number of hydrogen-bond acceptors (Lipinski definition) is 18. The van der Waals surface area contributed by atoms with Crippen LogP contribution in [-0.4, -0.2) is 42.4 Å². The van der Waals surface area contributed by atoms with Gasteiger partial charge in [-0.25, -0.2) is 24.9 Å². The van der Waals surface area contributed by atoms with Gasteiger partial charge >= 0.3 is 0 Å². The highest BCUT2D eigenvalue weighted by Gasteiger charge is 2.12. The normalized spacial score (nSPS) is 11.2. The van der Waals surface area contributed by atoms with Crippen molar-refractivity contribution in [3.05, 3.63) is 266 Å². The van der Waals surface area contributed by atoms with Crippen molar-refractivity contribution in [3.63, 3.8) is 0 Å². The first-order chi connectivity index (χ1) is 52.0. The molecule has 9 nitrogen and oxygen atoms in total. The van der Waals surface area contributed by atoms with Crippen LogP contribution in [0.4, 0.5) is 0 Å². The highest BCUT2D eigenvalue weighted by atomic mass is 32.1. The van der Waals surface area contributed by atoms with Crippen molar-refractivity contribution >= 4 is 194 Å². The smallest absolute Gasteiger partial charge is 0.123 e. The van der Waals surface area contributed by atoms with Gasteiger partial charge < -0.3 is 0 Å². The minimum Gasteiger partial charge on any atom is -0.245 e. The SMILES string of the molecule is CC(C)c1cc2cccnc2s1.CC(C)c1ccc2ccsc2n1.CC(C)c1ccc2cnsc2c1.CC(C)c1ccc2sncc2c1.CC(C)c1cccc2cnsc12.CC(C)c1cccc2sncc12.CC(C)c1ccnc2sccc12.CC(C)c1cnc2sccc2c1.CC(C)c1csc2ncccc12. The van der Waals surface area contributed by atoms with Crippen molar-refractivity contribution in [3.8, 4) is 0 Å². The first kappa shape index (κ1) is 82.5. The summed E-state index contributed by atoms with van der Waals surface area (Å²) in [6.45, 7) is 39.7. The molecular weight excluding hydrogens is 1500 g/mol. The summed E-state index contributed by atoms with van der Waals surface area (Å²) in [5.41, 5.74) is 10.9. The Morgan fingerprint density at radius 1 is 0.278 bits per heavy atom. The molecule has 0 saturated carbocycles. The van der Waals surface area contributed by atoms with Gasteiger partial charge in [0, 0.05) is 109 Å². The van der Waals surface area contributed by atoms with Crippen molar-refractivity contribution < 1.29 is 0 Å². The fourth-order valence-electron chi connectivity index (χ4n) is 11.6. The average molecular weight is 1600 g/mol. The molecule has 0 N–H and O–H groups in total. The van der Waals surface area contributed by atoms with Crippen LogP contribution >= 0.6 is 103 Å². The van der Waals surface area contributed by atoms with Crippen LogP contribution in [0.15, 0.2) is 217 Å². The Hall–Kier alpha value is -8.01. The molecule has 0 bridgehead atoms. The zero-order valence-corrected chi connectivity index (χ0v) is 72.5. The Labute approximate surface area is 674 Å². The highest BCUT2D eigenvalue weighted by Crippen LogP contribution is 2.34. The van der Waals surface area contributed by atoms with Gasteiger partial charge in [-0.1, -0.05) is 191 Å². The molecule has 0 spiro atoms. The monoisotopic (exact) mass is 1590 g/mol. The van der Waals surface area contributed by atoms with Crippen LogP contribution in [0.5, 0.6) is 0 Å². The number of rotatable bonds is 9. The quantitative estimate of drug-likeness (QED) is 0.139. The molecule has 0 fully saturated rings. The Balaban J connectivity index is 0.000000130. The van der Waals surface area contributed by atoms with Crippen LogP contribution in [-0.2, 0) is 0 Å². The highest BCUT2D eigenvalue weighted by molar-refractivity contribution is 7.19. The first-order valence-electron chi connectivity index (χ1n) is 37.0. The summed E-state index contributed by atoms with van der Waals surface area (Å²) >= 11 is 14.9. The van der Waals surface area contributed by atoms with E-state index in [1.807, 2.05) is 61.7 Å². The fraction of sp³-hybridized carbons (Fsp3) is 0.300. The molecular formula is C90H99N9S9. The Morgan fingerprint density at radius 3 is 1.53 bits per heavy atom. The van der Waals surface area contributed by atoms with Crippen LogP contribution in [0.1, 0.15) is 227 Å². The standard InChI is InChI=1S/9C10H11NS/c1-7(2)8-3-5-11-10-9(8)4-6-12-10;1-7(2)9-5-8-3-4-12-10(8)11-6-9;1-7(2)8-3-4-10-9(5-8)6-11-12-10;1-7(2)8-3-4-9-6-11-12-10(9)5-8;1-7(2)9-4-3-8-5-6-12-10(8)11-9;1-7(2)9-6-12-10-8(9)4-3-5-11-10;1-7(2)8-4-3-5-10-9(8)6-11-12-10;1-7(2)9-6-8-4-3-5-11-10(8)12-9;1-7(2)9-5-3-4-8-6-11-12-10(8)9/h9*3-7H,1-2H3. The summed E-state index contributed by atoms with van der Waals surface area (Å²) in [6.07, 6.45) is 15.3. The Kier molecular flexibility index (Phi) is 30.6. The van der Waals surface area contributed by atoms with Gasteiger partial charge in [-0.05, 0) is 239 Å². The number of benzene rings is 4. The molecule has 0 unspecified atom stereocenters. The van der Waals surface area contributed by atoms with Gasteiger partial charge in [-0.15, -0.1) is 56.7 Å². The summed E-state index contributed by atoms with van der Waals surface area (Å²) in [4.78, 5) is 29.0. The van der Waals surface area contributed by atoms with E-state index in [0.717, 1.165) is 24.2 Å². The maximum Gasteiger partial charge on any atom is 0.123 e. The van der Waals surface area contributed by atoms with Crippen LogP contribution in [0.3, 0.4) is 0 Å². The molecule has 0 radical (unpaired) electrons. The van der Waals surface area contributed by atoms with E-state index in [1.54, 1.807) is 103 Å². The number of aromatic nitrogens is 9. The third kappa shape index (κ3) is 22.4. The minimum atomic E-state index is 0.525. The zero-order chi connectivity index (χ0) is 77.0. The largest absolute Gasteiger partial charge is 0.245 e. The number of pyridine rings is 5. The fourth-order valence-corrected chi connectivity index (χ4v) is 18.8. The second-order valence-electron chi connectivity index (χ2n) is 29.1. The van der Waals surface area contributed by atoms with Crippen molar-refractivity contribution in [2.45, 2.75) is 178 Å². The van der Waals surface area contributed by atoms with E-state index >= 15 is 0 Å². The number of hydrogen-bond donors (Lipinski definition) is 0. The van der Waals surface area contributed by atoms with Crippen molar-refractivity contribution in [2.24, 2.45) is 0 Å². The van der Waals surface area contributed by atoms with Gasteiger partial charge in [0.2, 0.25) is 0 Å². The zero-order valence-electron chi connectivity index (χ0n) is 65.2. The summed E-state index contributed by atoms with van der Waals surface area (Å²) in [6, 6.07) is 51.4. The second-order valence-corrected chi connectivity index (χ2v) is 37.0. The predicted octanol–water partition coefficient (Wildman–Crippen LogP) is 30.8. The van der Waals surface area contributed by atoms with E-state index in [2.05, 4.69) is 322 Å². The van der Waals surface area contributed by atoms with E-state index in [0.29, 0.717) is 53.3 Å². The average Bonchev–Trinajstić information content (AvgIpc) is 1.64. The van der Waals surface area contributed by atoms with Crippen LogP contribution in [0, 0.1) is 0 Å². The number of thiophene rings is 5. The van der Waals surface area contributed by atoms with Gasteiger partial charge in [0.05, 0.1) is 18.8 Å². The minimum absolute atomic E-state index is 0.525. The van der Waals surface area contributed by atoms with E-state index < -0.39 is 0 Å². The van der Waals surface area contributed by atoms with Gasteiger partial charge in [-0.2, -0.15) is 17.5 Å². The van der Waals surface area contributed by atoms with Crippen LogP contribution in [0.2, 0.25) is 0 Å². The lowest BCUT2D eigenvalue weighted by molar-refractivity contribution is 0.831. The molecule has 0 atom stereocenters. The van der Waals surface area contributed by atoms with Crippen molar-refractivity contribution in [1.29, 1.82) is 0 Å². The molecule has 0 saturated heterocycles. The van der Waals surface area contributed by atoms with Crippen molar-refractivity contribution in [2.75, 3.05) is 0 Å². The van der Waals surface area contributed by atoms with Gasteiger partial charge in [0.15, 0.2) is 0 Å². The summed E-state index contributed by atoms with van der Waals surface area (Å²) < 4.78 is 21.9. The number of fused-ring (bicyclic) bond motifs is 9. The van der Waals surface area contributed by atoms with E-state index in [-0.39, 0.29) is 0 Å². The number of nitrogens with zero attached hydrogens (tertiary/aromatic N) is 9. The van der Waals surface area contributed by atoms with Gasteiger partial charge in [0.25, 0.3) is 0 Å². The summed E-state index contributed by atoms with van der Waals surface area (Å²) in [5.74, 6) is 5.29. The molecule has 18 heteroatoms. The lowest BCUT2D eigenvalue weighted by Crippen LogP contribution is -1.90. The molecule has 14 heterocycles.